The number of hydrogen-bond donors (Lipinski definition) is 0. The lowest BCUT2D eigenvalue weighted by atomic mass is 9.31. The molecule has 0 aliphatic carbocycles. The zero-order valence-electron chi connectivity index (χ0n) is 26.2. The maximum absolute atomic E-state index is 7.00. The van der Waals surface area contributed by atoms with Crippen molar-refractivity contribution in [1.29, 1.82) is 0 Å². The Bertz CT molecular complexity index is 3010. The third kappa shape index (κ3) is 3.04. The van der Waals surface area contributed by atoms with Crippen LogP contribution in [0.3, 0.4) is 0 Å². The molecule has 13 rings (SSSR count). The van der Waals surface area contributed by atoms with Gasteiger partial charge in [0.2, 0.25) is 0 Å². The van der Waals surface area contributed by atoms with Gasteiger partial charge in [-0.15, -0.1) is 0 Å². The molecule has 0 atom stereocenters. The average Bonchev–Trinajstić information content (AvgIpc) is 3.72. The summed E-state index contributed by atoms with van der Waals surface area (Å²) in [5, 5.41) is 3.92. The van der Waals surface area contributed by atoms with Gasteiger partial charge >= 0.3 is 0 Å². The first-order valence-corrected chi connectivity index (χ1v) is 16.8. The van der Waals surface area contributed by atoms with Crippen LogP contribution in [-0.4, -0.2) is 13.4 Å². The fourth-order valence-electron chi connectivity index (χ4n) is 8.88. The van der Waals surface area contributed by atoms with Crippen LogP contribution in [0.4, 0.5) is 0 Å². The standard InChI is InChI=1S/C42H20B2O6/c1-5-13-27-21(9-1)37-34(46-27)20-36-40-41(37)49-30-16-8-4-12-24(30)44(40)25-17-26-32(18-31(25)48-36)50-42-38-22-10-2-6-14-28(22)45-33(38)19-35-39(42)43(26)23-11-3-7-15-29(23)47-35/h1-20H. The first-order chi connectivity index (χ1) is 24.8. The molecule has 0 unspecified atom stereocenters. The third-order valence-corrected chi connectivity index (χ3v) is 10.9. The molecule has 50 heavy (non-hydrogen) atoms. The van der Waals surface area contributed by atoms with E-state index < -0.39 is 0 Å². The van der Waals surface area contributed by atoms with Crippen molar-refractivity contribution in [2.24, 2.45) is 0 Å². The maximum atomic E-state index is 7.00. The fourth-order valence-corrected chi connectivity index (χ4v) is 8.88. The number of benzene rings is 7. The summed E-state index contributed by atoms with van der Waals surface area (Å²) in [7, 11) is 0. The smallest absolute Gasteiger partial charge is 0.260 e. The Kier molecular flexibility index (Phi) is 4.45. The zero-order valence-corrected chi connectivity index (χ0v) is 26.2. The molecule has 230 valence electrons. The van der Waals surface area contributed by atoms with E-state index in [0.717, 1.165) is 123 Å². The Morgan fingerprint density at radius 3 is 1.40 bits per heavy atom. The van der Waals surface area contributed by atoms with E-state index in [-0.39, 0.29) is 13.4 Å². The normalized spacial score (nSPS) is 14.2. The molecule has 6 heterocycles. The first kappa shape index (κ1) is 25.5. The van der Waals surface area contributed by atoms with Gasteiger partial charge in [-0.05, 0) is 46.1 Å². The van der Waals surface area contributed by atoms with Crippen molar-refractivity contribution in [2.45, 2.75) is 0 Å². The molecule has 0 saturated heterocycles. The predicted octanol–water partition coefficient (Wildman–Crippen LogP) is 6.94. The van der Waals surface area contributed by atoms with Crippen molar-refractivity contribution in [3.63, 3.8) is 0 Å². The van der Waals surface area contributed by atoms with Crippen LogP contribution in [0.5, 0.6) is 46.0 Å². The van der Waals surface area contributed by atoms with Gasteiger partial charge in [-0.25, -0.2) is 0 Å². The lowest BCUT2D eigenvalue weighted by Gasteiger charge is -2.36. The molecule has 4 aliphatic heterocycles. The van der Waals surface area contributed by atoms with Gasteiger partial charge < -0.3 is 27.8 Å². The van der Waals surface area contributed by atoms with Crippen molar-refractivity contribution in [3.05, 3.63) is 121 Å². The zero-order chi connectivity index (χ0) is 32.2. The Balaban J connectivity index is 1.11. The van der Waals surface area contributed by atoms with Crippen molar-refractivity contribution in [2.75, 3.05) is 0 Å². The van der Waals surface area contributed by atoms with Crippen LogP contribution in [0.1, 0.15) is 0 Å². The highest BCUT2D eigenvalue weighted by atomic mass is 16.5. The largest absolute Gasteiger partial charge is 0.458 e. The molecule has 2 aromatic heterocycles. The van der Waals surface area contributed by atoms with Gasteiger partial charge in [0.15, 0.2) is 0 Å². The van der Waals surface area contributed by atoms with E-state index in [0.29, 0.717) is 0 Å². The van der Waals surface area contributed by atoms with Gasteiger partial charge in [0, 0.05) is 39.9 Å². The highest BCUT2D eigenvalue weighted by Gasteiger charge is 2.46. The fraction of sp³-hybridized carbons (Fsp3) is 0. The molecular weight excluding hydrogens is 622 g/mol. The minimum absolute atomic E-state index is 0.131. The second-order valence-electron chi connectivity index (χ2n) is 13.5. The van der Waals surface area contributed by atoms with Gasteiger partial charge in [-0.1, -0.05) is 78.9 Å². The van der Waals surface area contributed by atoms with Crippen molar-refractivity contribution >= 4 is 90.1 Å². The monoisotopic (exact) mass is 642 g/mol. The highest BCUT2D eigenvalue weighted by molar-refractivity contribution is 7.01. The molecule has 0 fully saturated rings. The minimum atomic E-state index is -0.131. The molecule has 7 aromatic carbocycles. The third-order valence-electron chi connectivity index (χ3n) is 10.9. The van der Waals surface area contributed by atoms with E-state index >= 15 is 0 Å². The average molecular weight is 642 g/mol. The topological polar surface area (TPSA) is 63.2 Å². The van der Waals surface area contributed by atoms with Crippen LogP contribution in [0.15, 0.2) is 130 Å². The molecule has 0 saturated carbocycles. The van der Waals surface area contributed by atoms with Crippen LogP contribution in [-0.2, 0) is 0 Å². The SMILES string of the molecule is c1ccc2c(c1)Oc1cc3oc4ccccc4c3c3c1B2c1cc2c(cc1O3)Oc1cc3oc4ccccc4c3c3c1B2c1ccccc1O3. The Labute approximate surface area is 284 Å². The second-order valence-corrected chi connectivity index (χ2v) is 13.5. The molecule has 8 heteroatoms. The summed E-state index contributed by atoms with van der Waals surface area (Å²) in [5.41, 5.74) is 9.40. The molecular formula is C42H20B2O6. The number of ether oxygens (including phenoxy) is 4. The van der Waals surface area contributed by atoms with Gasteiger partial charge in [-0.3, -0.25) is 0 Å². The van der Waals surface area contributed by atoms with Gasteiger partial charge in [0.25, 0.3) is 13.4 Å². The summed E-state index contributed by atoms with van der Waals surface area (Å²) >= 11 is 0. The highest BCUT2D eigenvalue weighted by Crippen LogP contribution is 2.47. The number of rotatable bonds is 0. The van der Waals surface area contributed by atoms with Crippen LogP contribution in [0.2, 0.25) is 0 Å². The van der Waals surface area contributed by atoms with E-state index in [2.05, 4.69) is 48.5 Å². The van der Waals surface area contributed by atoms with Gasteiger partial charge in [0.1, 0.15) is 68.3 Å². The summed E-state index contributed by atoms with van der Waals surface area (Å²) < 4.78 is 39.9. The molecule has 9 aromatic rings. The molecule has 0 bridgehead atoms. The molecule has 0 radical (unpaired) electrons. The Morgan fingerprint density at radius 1 is 0.340 bits per heavy atom. The Morgan fingerprint density at radius 2 is 0.800 bits per heavy atom. The van der Waals surface area contributed by atoms with E-state index in [9.17, 15) is 0 Å². The summed E-state index contributed by atoms with van der Waals surface area (Å²) in [4.78, 5) is 0. The summed E-state index contributed by atoms with van der Waals surface area (Å²) in [5.74, 6) is 6.14. The summed E-state index contributed by atoms with van der Waals surface area (Å²) in [6, 6.07) is 41.2. The number of hydrogen-bond acceptors (Lipinski definition) is 6. The summed E-state index contributed by atoms with van der Waals surface area (Å²) in [6.45, 7) is -0.262. The lowest BCUT2D eigenvalue weighted by molar-refractivity contribution is 0.454. The quantitative estimate of drug-likeness (QED) is 0.167. The van der Waals surface area contributed by atoms with Crippen LogP contribution >= 0.6 is 0 Å². The van der Waals surface area contributed by atoms with Crippen LogP contribution in [0, 0.1) is 0 Å². The minimum Gasteiger partial charge on any atom is -0.458 e. The van der Waals surface area contributed by atoms with E-state index in [4.69, 9.17) is 27.8 Å². The maximum Gasteiger partial charge on any atom is 0.260 e. The van der Waals surface area contributed by atoms with Gasteiger partial charge in [0.05, 0.1) is 10.8 Å². The molecule has 4 aliphatic rings. The number of furan rings is 2. The summed E-state index contributed by atoms with van der Waals surface area (Å²) in [6.07, 6.45) is 0. The molecule has 6 nitrogen and oxygen atoms in total. The van der Waals surface area contributed by atoms with E-state index in [1.165, 1.54) is 0 Å². The van der Waals surface area contributed by atoms with Crippen molar-refractivity contribution < 1.29 is 27.8 Å². The van der Waals surface area contributed by atoms with Crippen LogP contribution in [0.25, 0.3) is 43.9 Å². The van der Waals surface area contributed by atoms with E-state index in [1.54, 1.807) is 0 Å². The van der Waals surface area contributed by atoms with Crippen LogP contribution < -0.4 is 51.7 Å². The van der Waals surface area contributed by atoms with Crippen molar-refractivity contribution in [3.8, 4) is 46.0 Å². The molecule has 0 spiro atoms. The second kappa shape index (κ2) is 8.73. The molecule has 0 amide bonds. The predicted molar refractivity (Wildman–Crippen MR) is 196 cm³/mol. The van der Waals surface area contributed by atoms with Crippen molar-refractivity contribution in [1.82, 2.24) is 0 Å². The first-order valence-electron chi connectivity index (χ1n) is 16.8. The van der Waals surface area contributed by atoms with Gasteiger partial charge in [-0.2, -0.15) is 0 Å². The molecule has 0 N–H and O–H groups in total. The lowest BCUT2D eigenvalue weighted by Crippen LogP contribution is -2.61. The van der Waals surface area contributed by atoms with E-state index in [1.807, 2.05) is 72.8 Å². The Hall–Kier alpha value is -6.53. The number of para-hydroxylation sites is 4. The number of fused-ring (bicyclic) bond motifs is 16.